The normalized spacial score (nSPS) is 9.69. The Labute approximate surface area is 78.1 Å². The fourth-order valence-electron chi connectivity index (χ4n) is 1.06. The zero-order chi connectivity index (χ0) is 9.84. The molecule has 2 N–H and O–H groups in total. The molecule has 0 fully saturated rings. The quantitative estimate of drug-likeness (QED) is 0.703. The molecule has 1 aromatic heterocycles. The van der Waals surface area contributed by atoms with Gasteiger partial charge in [0.25, 0.3) is 0 Å². The number of nitrogen functional groups attached to an aromatic ring is 1. The van der Waals surface area contributed by atoms with Crippen molar-refractivity contribution >= 4 is 11.8 Å². The number of nitrogens with two attached hydrogens (primary N) is 1. The second-order valence-corrected chi connectivity index (χ2v) is 3.09. The lowest BCUT2D eigenvalue weighted by atomic mass is 10.3. The lowest BCUT2D eigenvalue weighted by Crippen LogP contribution is -2.20. The number of likely N-dealkylation sites (N-methyl/N-ethyl adjacent to an activating group) is 1. The van der Waals surface area contributed by atoms with Gasteiger partial charge >= 0.3 is 0 Å². The molecule has 0 aliphatic rings. The van der Waals surface area contributed by atoms with Gasteiger partial charge in [0, 0.05) is 19.8 Å². The van der Waals surface area contributed by atoms with E-state index < -0.39 is 0 Å². The van der Waals surface area contributed by atoms with Gasteiger partial charge < -0.3 is 10.6 Å². The van der Waals surface area contributed by atoms with E-state index in [-0.39, 0.29) is 0 Å². The third-order valence-electron chi connectivity index (χ3n) is 1.56. The van der Waals surface area contributed by atoms with Crippen LogP contribution < -0.4 is 10.6 Å². The van der Waals surface area contributed by atoms with E-state index in [4.69, 9.17) is 5.73 Å². The van der Waals surface area contributed by atoms with Crippen molar-refractivity contribution in [3.05, 3.63) is 24.4 Å². The van der Waals surface area contributed by atoms with Gasteiger partial charge in [0.1, 0.15) is 5.82 Å². The van der Waals surface area contributed by atoms with E-state index in [1.54, 1.807) is 6.20 Å². The minimum atomic E-state index is 0.297. The van der Waals surface area contributed by atoms with Gasteiger partial charge in [-0.2, -0.15) is 4.98 Å². The van der Waals surface area contributed by atoms with E-state index in [9.17, 15) is 0 Å². The highest BCUT2D eigenvalue weighted by molar-refractivity contribution is 5.41. The van der Waals surface area contributed by atoms with Gasteiger partial charge in [-0.25, -0.2) is 4.98 Å². The summed E-state index contributed by atoms with van der Waals surface area (Å²) in [5.74, 6) is 1.11. The topological polar surface area (TPSA) is 55.0 Å². The van der Waals surface area contributed by atoms with Crippen molar-refractivity contribution in [3.63, 3.8) is 0 Å². The summed E-state index contributed by atoms with van der Waals surface area (Å²) in [5.41, 5.74) is 6.54. The highest BCUT2D eigenvalue weighted by Gasteiger charge is 2.02. The molecule has 1 aromatic rings. The molecular formula is C9H14N4. The molecule has 0 amide bonds. The van der Waals surface area contributed by atoms with Crippen LogP contribution in [0, 0.1) is 0 Å². The smallest absolute Gasteiger partial charge is 0.221 e. The molecule has 0 atom stereocenters. The van der Waals surface area contributed by atoms with Crippen LogP contribution in [-0.4, -0.2) is 23.6 Å². The molecular weight excluding hydrogens is 164 g/mol. The maximum absolute atomic E-state index is 5.46. The first-order valence-electron chi connectivity index (χ1n) is 4.03. The van der Waals surface area contributed by atoms with Crippen molar-refractivity contribution in [3.8, 4) is 0 Å². The summed E-state index contributed by atoms with van der Waals surface area (Å²) < 4.78 is 0. The number of anilines is 2. The Morgan fingerprint density at radius 3 is 2.92 bits per heavy atom. The fourth-order valence-corrected chi connectivity index (χ4v) is 1.06. The zero-order valence-corrected chi connectivity index (χ0v) is 7.99. The number of hydrogen-bond donors (Lipinski definition) is 1. The molecule has 13 heavy (non-hydrogen) atoms. The molecule has 1 heterocycles. The van der Waals surface area contributed by atoms with Crippen LogP contribution in [0.3, 0.4) is 0 Å². The van der Waals surface area contributed by atoms with Gasteiger partial charge in [-0.05, 0) is 13.0 Å². The molecule has 0 saturated heterocycles. The second kappa shape index (κ2) is 3.89. The first kappa shape index (κ1) is 9.51. The molecule has 0 saturated carbocycles. The SMILES string of the molecule is C=C(C)CN(C)c1ccnc(N)n1. The van der Waals surface area contributed by atoms with Crippen molar-refractivity contribution in [2.24, 2.45) is 0 Å². The van der Waals surface area contributed by atoms with E-state index in [1.807, 2.05) is 24.9 Å². The van der Waals surface area contributed by atoms with E-state index >= 15 is 0 Å². The Hall–Kier alpha value is -1.58. The van der Waals surface area contributed by atoms with Crippen molar-refractivity contribution < 1.29 is 0 Å². The van der Waals surface area contributed by atoms with E-state index in [1.165, 1.54) is 0 Å². The molecule has 4 heteroatoms. The van der Waals surface area contributed by atoms with Gasteiger partial charge in [0.15, 0.2) is 0 Å². The average Bonchev–Trinajstić information content (AvgIpc) is 2.03. The summed E-state index contributed by atoms with van der Waals surface area (Å²) in [6.45, 7) is 6.57. The van der Waals surface area contributed by atoms with Gasteiger partial charge in [0.05, 0.1) is 0 Å². The Balaban J connectivity index is 2.76. The number of hydrogen-bond acceptors (Lipinski definition) is 4. The van der Waals surface area contributed by atoms with Crippen LogP contribution in [0.2, 0.25) is 0 Å². The van der Waals surface area contributed by atoms with Crippen molar-refractivity contribution in [2.45, 2.75) is 6.92 Å². The van der Waals surface area contributed by atoms with Crippen LogP contribution in [0.4, 0.5) is 11.8 Å². The molecule has 70 valence electrons. The predicted octanol–water partition coefficient (Wildman–Crippen LogP) is 1.07. The Morgan fingerprint density at radius 1 is 1.69 bits per heavy atom. The average molecular weight is 178 g/mol. The summed E-state index contributed by atoms with van der Waals surface area (Å²) in [7, 11) is 1.94. The molecule has 0 spiro atoms. The van der Waals surface area contributed by atoms with Crippen LogP contribution in [0.25, 0.3) is 0 Å². The summed E-state index contributed by atoms with van der Waals surface area (Å²) >= 11 is 0. The number of nitrogens with zero attached hydrogens (tertiary/aromatic N) is 3. The molecule has 0 radical (unpaired) electrons. The minimum absolute atomic E-state index is 0.297. The first-order valence-corrected chi connectivity index (χ1v) is 4.03. The largest absolute Gasteiger partial charge is 0.368 e. The van der Waals surface area contributed by atoms with Gasteiger partial charge in [0.2, 0.25) is 5.95 Å². The van der Waals surface area contributed by atoms with Crippen LogP contribution >= 0.6 is 0 Å². The monoisotopic (exact) mass is 178 g/mol. The third kappa shape index (κ3) is 2.74. The van der Waals surface area contributed by atoms with E-state index in [0.717, 1.165) is 17.9 Å². The highest BCUT2D eigenvalue weighted by Crippen LogP contribution is 2.09. The molecule has 0 unspecified atom stereocenters. The minimum Gasteiger partial charge on any atom is -0.368 e. The summed E-state index contributed by atoms with van der Waals surface area (Å²) in [4.78, 5) is 9.87. The van der Waals surface area contributed by atoms with Crippen molar-refractivity contribution in [1.82, 2.24) is 9.97 Å². The first-order chi connectivity index (χ1) is 6.09. The lowest BCUT2D eigenvalue weighted by Gasteiger charge is -2.17. The molecule has 0 bridgehead atoms. The van der Waals surface area contributed by atoms with Crippen molar-refractivity contribution in [1.29, 1.82) is 0 Å². The summed E-state index contributed by atoms with van der Waals surface area (Å²) in [6, 6.07) is 1.82. The Morgan fingerprint density at radius 2 is 2.38 bits per heavy atom. The van der Waals surface area contributed by atoms with Crippen molar-refractivity contribution in [2.75, 3.05) is 24.2 Å². The van der Waals surface area contributed by atoms with E-state index in [2.05, 4.69) is 16.5 Å². The van der Waals surface area contributed by atoms with Crippen LogP contribution in [-0.2, 0) is 0 Å². The van der Waals surface area contributed by atoms with Gasteiger partial charge in [-0.3, -0.25) is 0 Å². The molecule has 0 aliphatic carbocycles. The third-order valence-corrected chi connectivity index (χ3v) is 1.56. The van der Waals surface area contributed by atoms with Crippen LogP contribution in [0.5, 0.6) is 0 Å². The maximum Gasteiger partial charge on any atom is 0.221 e. The maximum atomic E-state index is 5.46. The van der Waals surface area contributed by atoms with E-state index in [0.29, 0.717) is 5.95 Å². The van der Waals surface area contributed by atoms with Gasteiger partial charge in [-0.15, -0.1) is 0 Å². The number of aromatic nitrogens is 2. The summed E-state index contributed by atoms with van der Waals surface area (Å²) in [5, 5.41) is 0. The summed E-state index contributed by atoms with van der Waals surface area (Å²) in [6.07, 6.45) is 1.65. The fraction of sp³-hybridized carbons (Fsp3) is 0.333. The molecule has 1 rings (SSSR count). The number of rotatable bonds is 3. The predicted molar refractivity (Wildman–Crippen MR) is 54.5 cm³/mol. The molecule has 0 aliphatic heterocycles. The molecule has 4 nitrogen and oxygen atoms in total. The standard InChI is InChI=1S/C9H14N4/c1-7(2)6-13(3)8-4-5-11-9(10)12-8/h4-5H,1,6H2,2-3H3,(H2,10,11,12). The Bertz CT molecular complexity index is 308. The van der Waals surface area contributed by atoms with Gasteiger partial charge in [-0.1, -0.05) is 12.2 Å². The highest BCUT2D eigenvalue weighted by atomic mass is 15.2. The van der Waals surface area contributed by atoms with Crippen LogP contribution in [0.1, 0.15) is 6.92 Å². The zero-order valence-electron chi connectivity index (χ0n) is 7.99. The lowest BCUT2D eigenvalue weighted by molar-refractivity contribution is 0.947. The van der Waals surface area contributed by atoms with Crippen LogP contribution in [0.15, 0.2) is 24.4 Å². The Kier molecular flexibility index (Phi) is 2.84. The second-order valence-electron chi connectivity index (χ2n) is 3.09. The molecule has 0 aromatic carbocycles.